The van der Waals surface area contributed by atoms with Crippen LogP contribution in [0.3, 0.4) is 0 Å². The SMILES string of the molecule is COc1ccc(SC(=O)c2ccc3sc4ccccc4c(=O)c3c2)cc1. The fraction of sp³-hybridized carbons (Fsp3) is 0.0476. The second-order valence-corrected chi connectivity index (χ2v) is 7.83. The van der Waals surface area contributed by atoms with Crippen LogP contribution in [0.1, 0.15) is 10.4 Å². The van der Waals surface area contributed by atoms with Gasteiger partial charge in [-0.05, 0) is 66.4 Å². The first-order chi connectivity index (χ1) is 12.7. The van der Waals surface area contributed by atoms with Crippen LogP contribution in [0.25, 0.3) is 20.2 Å². The van der Waals surface area contributed by atoms with Crippen molar-refractivity contribution < 1.29 is 9.53 Å². The normalized spacial score (nSPS) is 11.0. The maximum absolute atomic E-state index is 12.8. The molecule has 3 aromatic carbocycles. The Morgan fingerprint density at radius 3 is 2.42 bits per heavy atom. The minimum Gasteiger partial charge on any atom is -0.497 e. The summed E-state index contributed by atoms with van der Waals surface area (Å²) in [4.78, 5) is 26.2. The Kier molecular flexibility index (Phi) is 4.49. The summed E-state index contributed by atoms with van der Waals surface area (Å²) >= 11 is 2.70. The standard InChI is InChI=1S/C21H14O3S2/c1-24-14-7-9-15(10-8-14)25-21(23)13-6-11-19-17(12-13)20(22)16-4-2-3-5-18(16)26-19/h2-12H,1H3. The van der Waals surface area contributed by atoms with Crippen LogP contribution in [-0.4, -0.2) is 12.2 Å². The molecular formula is C21H14O3S2. The Hall–Kier alpha value is -2.63. The molecule has 0 saturated heterocycles. The van der Waals surface area contributed by atoms with Crippen molar-refractivity contribution in [1.29, 1.82) is 0 Å². The summed E-state index contributed by atoms with van der Waals surface area (Å²) in [6.07, 6.45) is 0. The van der Waals surface area contributed by atoms with Gasteiger partial charge in [0.25, 0.3) is 0 Å². The third kappa shape index (κ3) is 3.11. The Bertz CT molecular complexity index is 1180. The lowest BCUT2D eigenvalue weighted by molar-refractivity contribution is 0.108. The molecule has 0 aliphatic rings. The van der Waals surface area contributed by atoms with Crippen molar-refractivity contribution in [3.8, 4) is 5.75 Å². The zero-order valence-corrected chi connectivity index (χ0v) is 15.5. The van der Waals surface area contributed by atoms with Crippen molar-refractivity contribution in [1.82, 2.24) is 0 Å². The quantitative estimate of drug-likeness (QED) is 0.356. The minimum atomic E-state index is -0.0883. The lowest BCUT2D eigenvalue weighted by atomic mass is 10.1. The van der Waals surface area contributed by atoms with Crippen molar-refractivity contribution in [3.63, 3.8) is 0 Å². The number of rotatable bonds is 3. The van der Waals surface area contributed by atoms with Crippen LogP contribution < -0.4 is 10.2 Å². The van der Waals surface area contributed by atoms with Crippen LogP contribution in [0.15, 0.2) is 76.4 Å². The molecular weight excluding hydrogens is 364 g/mol. The Labute approximate surface area is 158 Å². The van der Waals surface area contributed by atoms with E-state index in [1.54, 1.807) is 30.6 Å². The molecule has 1 heterocycles. The van der Waals surface area contributed by atoms with Crippen LogP contribution in [0.4, 0.5) is 0 Å². The van der Waals surface area contributed by atoms with Gasteiger partial charge in [-0.2, -0.15) is 0 Å². The number of carbonyl (C=O) groups excluding carboxylic acids is 1. The van der Waals surface area contributed by atoms with Crippen molar-refractivity contribution in [2.45, 2.75) is 4.90 Å². The summed E-state index contributed by atoms with van der Waals surface area (Å²) in [5.41, 5.74) is 0.497. The van der Waals surface area contributed by atoms with Crippen molar-refractivity contribution in [3.05, 3.63) is 82.5 Å². The van der Waals surface area contributed by atoms with Crippen LogP contribution in [-0.2, 0) is 0 Å². The first-order valence-electron chi connectivity index (χ1n) is 7.97. The number of ether oxygens (including phenoxy) is 1. The maximum atomic E-state index is 12.8. The van der Waals surface area contributed by atoms with Gasteiger partial charge >= 0.3 is 0 Å². The van der Waals surface area contributed by atoms with Gasteiger partial charge in [0.1, 0.15) is 5.75 Å². The van der Waals surface area contributed by atoms with E-state index in [0.717, 1.165) is 31.8 Å². The molecule has 0 radical (unpaired) electrons. The lowest BCUT2D eigenvalue weighted by Crippen LogP contribution is -2.02. The second kappa shape index (κ2) is 6.94. The Balaban J connectivity index is 1.71. The molecule has 4 aromatic rings. The van der Waals surface area contributed by atoms with Gasteiger partial charge in [-0.15, -0.1) is 11.3 Å². The van der Waals surface area contributed by atoms with E-state index in [1.165, 1.54) is 0 Å². The lowest BCUT2D eigenvalue weighted by Gasteiger charge is -2.05. The molecule has 0 aliphatic heterocycles. The van der Waals surface area contributed by atoms with Gasteiger partial charge in [-0.1, -0.05) is 12.1 Å². The number of carbonyl (C=O) groups is 1. The average molecular weight is 378 g/mol. The van der Waals surface area contributed by atoms with E-state index in [9.17, 15) is 9.59 Å². The second-order valence-electron chi connectivity index (χ2n) is 5.70. The first-order valence-corrected chi connectivity index (χ1v) is 9.61. The molecule has 0 amide bonds. The molecule has 0 unspecified atom stereocenters. The number of hydrogen-bond donors (Lipinski definition) is 0. The molecule has 5 heteroatoms. The van der Waals surface area contributed by atoms with Crippen LogP contribution in [0.2, 0.25) is 0 Å². The van der Waals surface area contributed by atoms with Gasteiger partial charge in [0, 0.05) is 30.6 Å². The smallest absolute Gasteiger partial charge is 0.224 e. The summed E-state index contributed by atoms with van der Waals surface area (Å²) in [6.45, 7) is 0. The number of benzene rings is 3. The molecule has 128 valence electrons. The monoisotopic (exact) mass is 378 g/mol. The van der Waals surface area contributed by atoms with Crippen molar-refractivity contribution in [2.24, 2.45) is 0 Å². The third-order valence-corrected chi connectivity index (χ3v) is 6.16. The number of thioether (sulfide) groups is 1. The highest BCUT2D eigenvalue weighted by Crippen LogP contribution is 2.28. The molecule has 0 fully saturated rings. The molecule has 0 spiro atoms. The van der Waals surface area contributed by atoms with E-state index in [1.807, 2.05) is 54.6 Å². The number of hydrogen-bond acceptors (Lipinski definition) is 5. The van der Waals surface area contributed by atoms with Gasteiger partial charge in [-0.25, -0.2) is 0 Å². The third-order valence-electron chi connectivity index (χ3n) is 4.08. The fourth-order valence-electron chi connectivity index (χ4n) is 2.74. The predicted molar refractivity (Wildman–Crippen MR) is 109 cm³/mol. The summed E-state index contributed by atoms with van der Waals surface area (Å²) in [7, 11) is 1.60. The first kappa shape index (κ1) is 16.8. The zero-order chi connectivity index (χ0) is 18.1. The summed E-state index contributed by atoms with van der Waals surface area (Å²) < 4.78 is 6.97. The van der Waals surface area contributed by atoms with Gasteiger partial charge in [0.15, 0.2) is 5.43 Å². The number of methoxy groups -OCH3 is 1. The highest BCUT2D eigenvalue weighted by Gasteiger charge is 2.12. The summed E-state index contributed by atoms with van der Waals surface area (Å²) in [6, 6.07) is 20.2. The summed E-state index contributed by atoms with van der Waals surface area (Å²) in [5.74, 6) is 0.747. The van der Waals surface area contributed by atoms with E-state index in [-0.39, 0.29) is 10.5 Å². The van der Waals surface area contributed by atoms with E-state index in [2.05, 4.69) is 0 Å². The molecule has 4 rings (SSSR count). The molecule has 3 nitrogen and oxygen atoms in total. The van der Waals surface area contributed by atoms with Crippen LogP contribution in [0, 0.1) is 0 Å². The van der Waals surface area contributed by atoms with E-state index in [0.29, 0.717) is 16.3 Å². The van der Waals surface area contributed by atoms with Gasteiger partial charge in [0.05, 0.1) is 7.11 Å². The summed E-state index contributed by atoms with van der Waals surface area (Å²) in [5, 5.41) is 1.20. The van der Waals surface area contributed by atoms with Crippen molar-refractivity contribution in [2.75, 3.05) is 7.11 Å². The highest BCUT2D eigenvalue weighted by molar-refractivity contribution is 8.14. The van der Waals surface area contributed by atoms with E-state index in [4.69, 9.17) is 4.74 Å². The molecule has 0 aliphatic carbocycles. The largest absolute Gasteiger partial charge is 0.497 e. The van der Waals surface area contributed by atoms with Gasteiger partial charge < -0.3 is 4.74 Å². The minimum absolute atomic E-state index is 0.0292. The predicted octanol–water partition coefficient (Wildman–Crippen LogP) is 5.36. The molecule has 26 heavy (non-hydrogen) atoms. The number of fused-ring (bicyclic) bond motifs is 2. The van der Waals surface area contributed by atoms with Crippen LogP contribution in [0.5, 0.6) is 5.75 Å². The van der Waals surface area contributed by atoms with Crippen molar-refractivity contribution >= 4 is 48.4 Å². The van der Waals surface area contributed by atoms with E-state index < -0.39 is 0 Å². The molecule has 1 aromatic heterocycles. The van der Waals surface area contributed by atoms with Gasteiger partial charge in [-0.3, -0.25) is 9.59 Å². The Morgan fingerprint density at radius 2 is 1.65 bits per heavy atom. The molecule has 0 atom stereocenters. The van der Waals surface area contributed by atoms with Crippen LogP contribution >= 0.6 is 23.1 Å². The topological polar surface area (TPSA) is 43.4 Å². The highest BCUT2D eigenvalue weighted by atomic mass is 32.2. The average Bonchev–Trinajstić information content (AvgIpc) is 2.68. The molecule has 0 saturated carbocycles. The maximum Gasteiger partial charge on any atom is 0.224 e. The fourth-order valence-corrected chi connectivity index (χ4v) is 4.52. The molecule has 0 N–H and O–H groups in total. The van der Waals surface area contributed by atoms with Gasteiger partial charge in [0.2, 0.25) is 5.12 Å². The molecule has 0 bridgehead atoms. The zero-order valence-electron chi connectivity index (χ0n) is 13.9. The van der Waals surface area contributed by atoms with E-state index >= 15 is 0 Å². The Morgan fingerprint density at radius 1 is 0.923 bits per heavy atom.